The van der Waals surface area contributed by atoms with E-state index in [9.17, 15) is 13.2 Å². The molecule has 0 saturated heterocycles. The van der Waals surface area contributed by atoms with E-state index in [1.807, 2.05) is 12.1 Å². The van der Waals surface area contributed by atoms with E-state index >= 15 is 13.2 Å². The van der Waals surface area contributed by atoms with E-state index in [1.165, 1.54) is 19.3 Å². The number of hydrogen-bond donors (Lipinski definition) is 0. The molecule has 3 aliphatic rings. The van der Waals surface area contributed by atoms with E-state index in [2.05, 4.69) is 6.92 Å². The Balaban J connectivity index is 1.08. The summed E-state index contributed by atoms with van der Waals surface area (Å²) in [7, 11) is 0. The molecule has 0 atom stereocenters. The summed E-state index contributed by atoms with van der Waals surface area (Å²) in [5, 5.41) is 0. The molecule has 2 aromatic rings. The van der Waals surface area contributed by atoms with Crippen molar-refractivity contribution in [2.45, 2.75) is 140 Å². The molecule has 0 N–H and O–H groups in total. The fourth-order valence-corrected chi connectivity index (χ4v) is 7.98. The molecular weight excluding hydrogens is 562 g/mol. The minimum Gasteiger partial charge on any atom is -0.317 e. The average Bonchev–Trinajstić information content (AvgIpc) is 3.00. The predicted octanol–water partition coefficient (Wildman–Crippen LogP) is 11.7. The van der Waals surface area contributed by atoms with Crippen LogP contribution in [0.5, 0.6) is 0 Å². The van der Waals surface area contributed by atoms with Crippen LogP contribution in [0.4, 0.5) is 26.3 Å². The molecule has 0 aromatic heterocycles. The van der Waals surface area contributed by atoms with E-state index < -0.39 is 35.6 Å². The zero-order chi connectivity index (χ0) is 30.6. The van der Waals surface area contributed by atoms with E-state index in [4.69, 9.17) is 4.74 Å². The summed E-state index contributed by atoms with van der Waals surface area (Å²) < 4.78 is 91.7. The normalized spacial score (nSPS) is 28.6. The summed E-state index contributed by atoms with van der Waals surface area (Å²) >= 11 is 0. The monoisotopic (exact) mass is 608 g/mol. The summed E-state index contributed by atoms with van der Waals surface area (Å²) in [6, 6.07) is 7.56. The summed E-state index contributed by atoms with van der Waals surface area (Å²) in [4.78, 5) is 0. The third kappa shape index (κ3) is 7.99. The average molecular weight is 609 g/mol. The number of halogens is 6. The van der Waals surface area contributed by atoms with Crippen LogP contribution in [0.2, 0.25) is 0 Å². The molecule has 2 aromatic carbocycles. The van der Waals surface area contributed by atoms with Crippen molar-refractivity contribution in [3.63, 3.8) is 0 Å². The quantitative estimate of drug-likeness (QED) is 0.148. The van der Waals surface area contributed by atoms with Crippen LogP contribution in [0.25, 0.3) is 0 Å². The van der Waals surface area contributed by atoms with Crippen LogP contribution in [0.3, 0.4) is 0 Å². The lowest BCUT2D eigenvalue weighted by Gasteiger charge is -2.37. The Bertz CT molecular complexity index is 1170. The number of hydrogen-bond acceptors (Lipinski definition) is 1. The van der Waals surface area contributed by atoms with Crippen molar-refractivity contribution in [2.75, 3.05) is 0 Å². The third-order valence-electron chi connectivity index (χ3n) is 10.7. The summed E-state index contributed by atoms with van der Waals surface area (Å²) in [5.74, 6) is -4.13. The van der Waals surface area contributed by atoms with Crippen LogP contribution >= 0.6 is 0 Å². The van der Waals surface area contributed by atoms with Gasteiger partial charge in [-0.15, -0.1) is 0 Å². The van der Waals surface area contributed by atoms with Gasteiger partial charge in [0.15, 0.2) is 17.5 Å². The summed E-state index contributed by atoms with van der Waals surface area (Å²) in [5.41, 5.74) is 2.00. The lowest BCUT2D eigenvalue weighted by Crippen LogP contribution is -2.39. The molecule has 0 aliphatic heterocycles. The highest BCUT2D eigenvalue weighted by molar-refractivity contribution is 5.31. The molecule has 0 spiro atoms. The highest BCUT2D eigenvalue weighted by Crippen LogP contribution is 2.45. The van der Waals surface area contributed by atoms with E-state index in [1.54, 1.807) is 6.07 Å². The Kier molecular flexibility index (Phi) is 10.8. The first kappa shape index (κ1) is 32.4. The van der Waals surface area contributed by atoms with Gasteiger partial charge < -0.3 is 4.74 Å². The van der Waals surface area contributed by atoms with Gasteiger partial charge in [0.25, 0.3) is 0 Å². The first-order chi connectivity index (χ1) is 20.6. The van der Waals surface area contributed by atoms with Crippen molar-refractivity contribution in [2.24, 2.45) is 11.8 Å². The number of rotatable bonds is 10. The van der Waals surface area contributed by atoms with Crippen molar-refractivity contribution in [3.05, 3.63) is 70.3 Å². The first-order valence-electron chi connectivity index (χ1n) is 16.6. The van der Waals surface area contributed by atoms with E-state index in [0.717, 1.165) is 37.0 Å². The van der Waals surface area contributed by atoms with Gasteiger partial charge in [-0.1, -0.05) is 44.7 Å². The Morgan fingerprint density at radius 1 is 0.651 bits per heavy atom. The molecule has 0 heterocycles. The Morgan fingerprint density at radius 2 is 1.21 bits per heavy atom. The van der Waals surface area contributed by atoms with Gasteiger partial charge >= 0.3 is 6.11 Å². The van der Waals surface area contributed by atoms with Crippen molar-refractivity contribution in [3.8, 4) is 0 Å². The maximum Gasteiger partial charge on any atom is 0.358 e. The van der Waals surface area contributed by atoms with Crippen LogP contribution in [0.1, 0.15) is 144 Å². The topological polar surface area (TPSA) is 9.23 Å². The number of alkyl halides is 2. The molecule has 3 saturated carbocycles. The largest absolute Gasteiger partial charge is 0.358 e. The summed E-state index contributed by atoms with van der Waals surface area (Å²) in [6.07, 6.45) is 9.15. The molecule has 1 nitrogen and oxygen atoms in total. The van der Waals surface area contributed by atoms with Crippen molar-refractivity contribution < 1.29 is 31.1 Å². The fourth-order valence-electron chi connectivity index (χ4n) is 7.98. The lowest BCUT2D eigenvalue weighted by atomic mass is 9.75. The molecule has 43 heavy (non-hydrogen) atoms. The molecule has 0 bridgehead atoms. The number of unbranched alkanes of at least 4 members (excludes halogenated alkanes) is 2. The molecule has 0 radical (unpaired) electrons. The van der Waals surface area contributed by atoms with Crippen LogP contribution in [-0.2, 0) is 4.74 Å². The van der Waals surface area contributed by atoms with Gasteiger partial charge in [-0.3, -0.25) is 0 Å². The maximum atomic E-state index is 15.3. The molecule has 3 fully saturated rings. The zero-order valence-corrected chi connectivity index (χ0v) is 25.3. The predicted molar refractivity (Wildman–Crippen MR) is 157 cm³/mol. The molecule has 5 rings (SSSR count). The SMILES string of the molecule is CCCCCC1CCC(C(F)(F)OC2CCC(c3ccc(C4CCC(c5cc(F)c(F)c(F)c5)CC4)c(F)c3)CC2)CC1. The second kappa shape index (κ2) is 14.4. The molecule has 3 aliphatic carbocycles. The van der Waals surface area contributed by atoms with Crippen molar-refractivity contribution in [1.82, 2.24) is 0 Å². The number of benzene rings is 2. The highest BCUT2D eigenvalue weighted by atomic mass is 19.3. The van der Waals surface area contributed by atoms with Gasteiger partial charge in [0.05, 0.1) is 12.0 Å². The Labute approximate surface area is 252 Å². The van der Waals surface area contributed by atoms with Gasteiger partial charge in [-0.25, -0.2) is 17.6 Å². The van der Waals surface area contributed by atoms with Gasteiger partial charge in [0.2, 0.25) is 0 Å². The van der Waals surface area contributed by atoms with Crippen molar-refractivity contribution in [1.29, 1.82) is 0 Å². The third-order valence-corrected chi connectivity index (χ3v) is 10.7. The minimum atomic E-state index is -3.09. The van der Waals surface area contributed by atoms with E-state index in [-0.39, 0.29) is 23.6 Å². The molecular formula is C36H46F6O. The summed E-state index contributed by atoms with van der Waals surface area (Å²) in [6.45, 7) is 2.18. The lowest BCUT2D eigenvalue weighted by molar-refractivity contribution is -0.301. The second-order valence-corrected chi connectivity index (χ2v) is 13.5. The van der Waals surface area contributed by atoms with Crippen LogP contribution in [0.15, 0.2) is 30.3 Å². The maximum absolute atomic E-state index is 15.3. The second-order valence-electron chi connectivity index (χ2n) is 13.5. The van der Waals surface area contributed by atoms with Crippen LogP contribution < -0.4 is 0 Å². The zero-order valence-electron chi connectivity index (χ0n) is 25.3. The van der Waals surface area contributed by atoms with Gasteiger partial charge in [0.1, 0.15) is 5.82 Å². The van der Waals surface area contributed by atoms with Crippen molar-refractivity contribution >= 4 is 0 Å². The first-order valence-corrected chi connectivity index (χ1v) is 16.6. The van der Waals surface area contributed by atoms with Gasteiger partial charge in [-0.2, -0.15) is 8.78 Å². The minimum absolute atomic E-state index is 0.0122. The van der Waals surface area contributed by atoms with Gasteiger partial charge in [0, 0.05) is 0 Å². The Hall–Kier alpha value is -2.02. The number of ether oxygens (including phenoxy) is 1. The highest BCUT2D eigenvalue weighted by Gasteiger charge is 2.45. The molecule has 0 amide bonds. The fraction of sp³-hybridized carbons (Fsp3) is 0.667. The molecule has 0 unspecified atom stereocenters. The smallest absolute Gasteiger partial charge is 0.317 e. The van der Waals surface area contributed by atoms with E-state index in [0.29, 0.717) is 81.3 Å². The van der Waals surface area contributed by atoms with Crippen LogP contribution in [-0.4, -0.2) is 12.2 Å². The molecule has 238 valence electrons. The van der Waals surface area contributed by atoms with Crippen LogP contribution in [0, 0.1) is 35.1 Å². The van der Waals surface area contributed by atoms with Gasteiger partial charge in [-0.05, 0) is 136 Å². The molecule has 7 heteroatoms. The standard InChI is InChI=1S/C36H46F6O/c1-2-3-4-5-23-6-15-29(16-7-23)36(41,42)43-30-17-12-24(13-18-30)27-14-19-31(32(37)20-27)26-10-8-25(9-11-26)28-21-33(38)35(40)34(39)22-28/h14,19-26,29-30H,2-13,15-18H2,1H3. The Morgan fingerprint density at radius 3 is 1.81 bits per heavy atom.